The Kier molecular flexibility index (Phi) is 8.67. The Balaban J connectivity index is 1.90. The zero-order valence-electron chi connectivity index (χ0n) is 11.7. The predicted molar refractivity (Wildman–Crippen MR) is 73.5 cm³/mol. The minimum absolute atomic E-state index is 0.821. The molecule has 1 aliphatic carbocycles. The van der Waals surface area contributed by atoms with Gasteiger partial charge in [-0.2, -0.15) is 0 Å². The summed E-state index contributed by atoms with van der Waals surface area (Å²) < 4.78 is 5.00. The van der Waals surface area contributed by atoms with Crippen LogP contribution >= 0.6 is 0 Å². The molecular formula is C14H30N2O. The summed E-state index contributed by atoms with van der Waals surface area (Å²) in [5.41, 5.74) is 0. The van der Waals surface area contributed by atoms with Crippen LogP contribution in [0.4, 0.5) is 0 Å². The molecular weight excluding hydrogens is 212 g/mol. The molecule has 1 rings (SSSR count). The predicted octanol–water partition coefficient (Wildman–Crippen LogP) is 2.27. The van der Waals surface area contributed by atoms with Gasteiger partial charge in [-0.05, 0) is 45.8 Å². The lowest BCUT2D eigenvalue weighted by Gasteiger charge is -2.31. The molecule has 0 aromatic heterocycles. The van der Waals surface area contributed by atoms with Crippen LogP contribution in [0.25, 0.3) is 0 Å². The molecule has 3 heteroatoms. The highest BCUT2D eigenvalue weighted by Gasteiger charge is 2.16. The van der Waals surface area contributed by atoms with Crippen LogP contribution < -0.4 is 5.32 Å². The van der Waals surface area contributed by atoms with Gasteiger partial charge in [0.05, 0.1) is 6.61 Å². The fraction of sp³-hybridized carbons (Fsp3) is 1.00. The van der Waals surface area contributed by atoms with Crippen molar-refractivity contribution in [2.45, 2.75) is 51.0 Å². The van der Waals surface area contributed by atoms with Gasteiger partial charge in [0.1, 0.15) is 0 Å². The molecule has 0 aromatic carbocycles. The van der Waals surface area contributed by atoms with E-state index in [1.165, 1.54) is 51.5 Å². The number of rotatable bonds is 9. The Bertz CT molecular complexity index is 170. The van der Waals surface area contributed by atoms with E-state index in [0.717, 1.165) is 25.7 Å². The molecule has 0 radical (unpaired) electrons. The van der Waals surface area contributed by atoms with Crippen LogP contribution in [0.2, 0.25) is 0 Å². The molecule has 3 nitrogen and oxygen atoms in total. The maximum atomic E-state index is 5.00. The lowest BCUT2D eigenvalue weighted by atomic mass is 9.94. The number of ether oxygens (including phenoxy) is 1. The van der Waals surface area contributed by atoms with Crippen LogP contribution in [0.1, 0.15) is 44.9 Å². The number of hydrogen-bond acceptors (Lipinski definition) is 3. The van der Waals surface area contributed by atoms with E-state index in [4.69, 9.17) is 4.74 Å². The normalized spacial score (nSPS) is 17.8. The zero-order chi connectivity index (χ0) is 12.3. The molecule has 102 valence electrons. The molecule has 0 amide bonds. The third kappa shape index (κ3) is 7.02. The van der Waals surface area contributed by atoms with Gasteiger partial charge in [-0.15, -0.1) is 0 Å². The fourth-order valence-electron chi connectivity index (χ4n) is 2.61. The number of nitrogens with one attached hydrogen (secondary N) is 1. The van der Waals surface area contributed by atoms with Crippen molar-refractivity contribution in [2.75, 3.05) is 40.4 Å². The molecule has 0 aromatic rings. The summed E-state index contributed by atoms with van der Waals surface area (Å²) >= 11 is 0. The van der Waals surface area contributed by atoms with Crippen molar-refractivity contribution in [1.29, 1.82) is 0 Å². The Labute approximate surface area is 107 Å². The van der Waals surface area contributed by atoms with Crippen molar-refractivity contribution >= 4 is 0 Å². The summed E-state index contributed by atoms with van der Waals surface area (Å²) in [6, 6.07) is 0.866. The number of methoxy groups -OCH3 is 1. The summed E-state index contributed by atoms with van der Waals surface area (Å²) in [6.07, 6.45) is 9.76. The largest absolute Gasteiger partial charge is 0.383 e. The Morgan fingerprint density at radius 2 is 1.88 bits per heavy atom. The van der Waals surface area contributed by atoms with Gasteiger partial charge in [0.15, 0.2) is 0 Å². The van der Waals surface area contributed by atoms with Gasteiger partial charge in [0, 0.05) is 19.7 Å². The monoisotopic (exact) mass is 242 g/mol. The average molecular weight is 242 g/mol. The first-order chi connectivity index (χ1) is 8.34. The maximum Gasteiger partial charge on any atom is 0.0587 e. The van der Waals surface area contributed by atoms with Crippen LogP contribution in [-0.2, 0) is 4.74 Å². The quantitative estimate of drug-likeness (QED) is 0.628. The molecule has 1 saturated carbocycles. The smallest absolute Gasteiger partial charge is 0.0587 e. The Morgan fingerprint density at radius 3 is 2.59 bits per heavy atom. The van der Waals surface area contributed by atoms with Crippen LogP contribution in [0.5, 0.6) is 0 Å². The highest BCUT2D eigenvalue weighted by atomic mass is 16.5. The summed E-state index contributed by atoms with van der Waals surface area (Å²) in [4.78, 5) is 2.58. The molecule has 0 unspecified atom stereocenters. The first-order valence-electron chi connectivity index (χ1n) is 7.24. The van der Waals surface area contributed by atoms with Crippen LogP contribution in [-0.4, -0.2) is 51.3 Å². The van der Waals surface area contributed by atoms with Gasteiger partial charge >= 0.3 is 0 Å². The van der Waals surface area contributed by atoms with Gasteiger partial charge in [0.25, 0.3) is 0 Å². The van der Waals surface area contributed by atoms with Crippen LogP contribution in [0.3, 0.4) is 0 Å². The molecule has 0 atom stereocenters. The van der Waals surface area contributed by atoms with Crippen molar-refractivity contribution in [1.82, 2.24) is 10.2 Å². The first-order valence-corrected chi connectivity index (χ1v) is 7.24. The molecule has 1 N–H and O–H groups in total. The van der Waals surface area contributed by atoms with E-state index < -0.39 is 0 Å². The summed E-state index contributed by atoms with van der Waals surface area (Å²) in [5, 5.41) is 3.40. The van der Waals surface area contributed by atoms with Gasteiger partial charge < -0.3 is 15.0 Å². The molecule has 0 aliphatic heterocycles. The second kappa shape index (κ2) is 9.86. The maximum absolute atomic E-state index is 5.00. The Hall–Kier alpha value is -0.120. The van der Waals surface area contributed by atoms with Gasteiger partial charge in [-0.3, -0.25) is 0 Å². The molecule has 1 aliphatic rings. The molecule has 17 heavy (non-hydrogen) atoms. The van der Waals surface area contributed by atoms with E-state index in [9.17, 15) is 0 Å². The zero-order valence-corrected chi connectivity index (χ0v) is 11.7. The van der Waals surface area contributed by atoms with Gasteiger partial charge in [-0.1, -0.05) is 19.3 Å². The van der Waals surface area contributed by atoms with Gasteiger partial charge in [0.2, 0.25) is 0 Å². The first kappa shape index (κ1) is 14.9. The standard InChI is InChI=1S/C14H30N2O/c1-16(14-8-4-3-5-9-14)12-7-6-10-15-11-13-17-2/h14-15H,3-13H2,1-2H3. The minimum Gasteiger partial charge on any atom is -0.383 e. The lowest BCUT2D eigenvalue weighted by molar-refractivity contribution is 0.187. The average Bonchev–Trinajstić information content (AvgIpc) is 2.38. The second-order valence-corrected chi connectivity index (χ2v) is 5.22. The third-order valence-corrected chi connectivity index (χ3v) is 3.80. The molecule has 0 heterocycles. The molecule has 0 spiro atoms. The SMILES string of the molecule is COCCNCCCCN(C)C1CCCCC1. The van der Waals surface area contributed by atoms with E-state index in [2.05, 4.69) is 17.3 Å². The number of hydrogen-bond donors (Lipinski definition) is 1. The molecule has 1 fully saturated rings. The summed E-state index contributed by atoms with van der Waals surface area (Å²) in [6.45, 7) is 4.19. The van der Waals surface area contributed by atoms with E-state index in [-0.39, 0.29) is 0 Å². The third-order valence-electron chi connectivity index (χ3n) is 3.80. The van der Waals surface area contributed by atoms with Crippen LogP contribution in [0, 0.1) is 0 Å². The highest BCUT2D eigenvalue weighted by Crippen LogP contribution is 2.21. The van der Waals surface area contributed by atoms with Crippen molar-refractivity contribution in [3.05, 3.63) is 0 Å². The van der Waals surface area contributed by atoms with E-state index >= 15 is 0 Å². The van der Waals surface area contributed by atoms with Gasteiger partial charge in [-0.25, -0.2) is 0 Å². The molecule has 0 bridgehead atoms. The number of nitrogens with zero attached hydrogens (tertiary/aromatic N) is 1. The molecule has 0 saturated heterocycles. The second-order valence-electron chi connectivity index (χ2n) is 5.22. The number of unbranched alkanes of at least 4 members (excludes halogenated alkanes) is 1. The van der Waals surface area contributed by atoms with Crippen LogP contribution in [0.15, 0.2) is 0 Å². The van der Waals surface area contributed by atoms with Crippen molar-refractivity contribution in [3.8, 4) is 0 Å². The highest BCUT2D eigenvalue weighted by molar-refractivity contribution is 4.73. The van der Waals surface area contributed by atoms with E-state index in [1.54, 1.807) is 7.11 Å². The Morgan fingerprint density at radius 1 is 1.12 bits per heavy atom. The van der Waals surface area contributed by atoms with Crippen molar-refractivity contribution < 1.29 is 4.74 Å². The summed E-state index contributed by atoms with van der Waals surface area (Å²) in [7, 11) is 4.05. The topological polar surface area (TPSA) is 24.5 Å². The minimum atomic E-state index is 0.821. The lowest BCUT2D eigenvalue weighted by Crippen LogP contribution is -2.34. The van der Waals surface area contributed by atoms with Crippen molar-refractivity contribution in [3.63, 3.8) is 0 Å². The fourth-order valence-corrected chi connectivity index (χ4v) is 2.61. The van der Waals surface area contributed by atoms with Crippen molar-refractivity contribution in [2.24, 2.45) is 0 Å². The summed E-state index contributed by atoms with van der Waals surface area (Å²) in [5.74, 6) is 0. The van der Waals surface area contributed by atoms with E-state index in [0.29, 0.717) is 0 Å². The van der Waals surface area contributed by atoms with E-state index in [1.807, 2.05) is 0 Å².